The van der Waals surface area contributed by atoms with Gasteiger partial charge in [-0.3, -0.25) is 0 Å². The molecule has 0 aliphatic carbocycles. The quantitative estimate of drug-likeness (QED) is 0.764. The molecule has 1 aromatic heterocycles. The van der Waals surface area contributed by atoms with E-state index in [1.54, 1.807) is 0 Å². The predicted molar refractivity (Wildman–Crippen MR) is 77.3 cm³/mol. The maximum atomic E-state index is 5.77. The molecule has 19 heavy (non-hydrogen) atoms. The summed E-state index contributed by atoms with van der Waals surface area (Å²) in [5.41, 5.74) is 5.24. The van der Waals surface area contributed by atoms with Crippen molar-refractivity contribution in [3.63, 3.8) is 0 Å². The number of rotatable bonds is 3. The third kappa shape index (κ3) is 2.45. The Kier molecular flexibility index (Phi) is 2.95. The maximum Gasteiger partial charge on any atom is 0.214 e. The Morgan fingerprint density at radius 3 is 2.58 bits per heavy atom. The molecule has 1 heterocycles. The monoisotopic (exact) mass is 252 g/mol. The van der Waals surface area contributed by atoms with Gasteiger partial charge in [-0.2, -0.15) is 0 Å². The number of fused-ring (bicyclic) bond motifs is 1. The lowest BCUT2D eigenvalue weighted by Gasteiger charge is -2.03. The van der Waals surface area contributed by atoms with Crippen molar-refractivity contribution < 1.29 is 4.42 Å². The van der Waals surface area contributed by atoms with Gasteiger partial charge < -0.3 is 9.73 Å². The average Bonchev–Trinajstić information content (AvgIpc) is 2.83. The number of aryl methyl sites for hydroxylation is 2. The molecule has 0 radical (unpaired) electrons. The van der Waals surface area contributed by atoms with E-state index < -0.39 is 0 Å². The Balaban J connectivity index is 1.78. The van der Waals surface area contributed by atoms with Crippen LogP contribution in [0.3, 0.4) is 0 Å². The lowest BCUT2D eigenvalue weighted by Crippen LogP contribution is -1.99. The largest absolute Gasteiger partial charge is 0.438 e. The van der Waals surface area contributed by atoms with E-state index in [1.807, 2.05) is 25.1 Å². The van der Waals surface area contributed by atoms with E-state index in [9.17, 15) is 0 Å². The molecule has 0 saturated carbocycles. The Morgan fingerprint density at radius 1 is 1.05 bits per heavy atom. The number of aromatic nitrogens is 1. The predicted octanol–water partition coefficient (Wildman–Crippen LogP) is 4.06. The van der Waals surface area contributed by atoms with Crippen LogP contribution in [0.1, 0.15) is 17.0 Å². The molecule has 3 aromatic rings. The number of anilines is 1. The van der Waals surface area contributed by atoms with Gasteiger partial charge in [0.1, 0.15) is 5.52 Å². The Hall–Kier alpha value is -2.29. The van der Waals surface area contributed by atoms with Crippen molar-refractivity contribution in [2.45, 2.75) is 20.4 Å². The van der Waals surface area contributed by atoms with Gasteiger partial charge in [0.05, 0.1) is 6.54 Å². The molecule has 2 aromatic carbocycles. The van der Waals surface area contributed by atoms with Gasteiger partial charge >= 0.3 is 0 Å². The molecule has 0 bridgehead atoms. The second-order valence-corrected chi connectivity index (χ2v) is 4.75. The van der Waals surface area contributed by atoms with E-state index in [-0.39, 0.29) is 0 Å². The molecule has 0 fully saturated rings. The molecule has 0 aliphatic rings. The number of nitrogens with zero attached hydrogens (tertiary/aromatic N) is 1. The highest BCUT2D eigenvalue weighted by Gasteiger charge is 2.06. The number of nitrogens with one attached hydrogen (secondary N) is 1. The SMILES string of the molecule is Cc1ccc(NCc2nc3cccc(C)c3o2)cc1. The van der Waals surface area contributed by atoms with Crippen LogP contribution >= 0.6 is 0 Å². The Morgan fingerprint density at radius 2 is 1.84 bits per heavy atom. The van der Waals surface area contributed by atoms with E-state index in [0.717, 1.165) is 22.4 Å². The second kappa shape index (κ2) is 4.76. The first-order chi connectivity index (χ1) is 9.22. The molecule has 3 rings (SSSR count). The number of hydrogen-bond donors (Lipinski definition) is 1. The summed E-state index contributed by atoms with van der Waals surface area (Å²) in [4.78, 5) is 4.48. The molecule has 0 atom stereocenters. The van der Waals surface area contributed by atoms with Crippen molar-refractivity contribution in [1.82, 2.24) is 4.98 Å². The Labute approximate surface area is 112 Å². The summed E-state index contributed by atoms with van der Waals surface area (Å²) in [6, 6.07) is 14.3. The normalized spacial score (nSPS) is 10.8. The van der Waals surface area contributed by atoms with Crippen LogP contribution in [0.25, 0.3) is 11.1 Å². The van der Waals surface area contributed by atoms with E-state index in [1.165, 1.54) is 5.56 Å². The molecule has 0 unspecified atom stereocenters. The maximum absolute atomic E-state index is 5.77. The highest BCUT2D eigenvalue weighted by Crippen LogP contribution is 2.20. The van der Waals surface area contributed by atoms with Crippen LogP contribution in [-0.2, 0) is 6.54 Å². The van der Waals surface area contributed by atoms with Gasteiger partial charge in [0.2, 0.25) is 5.89 Å². The van der Waals surface area contributed by atoms with Gasteiger partial charge in [0, 0.05) is 5.69 Å². The smallest absolute Gasteiger partial charge is 0.214 e. The van der Waals surface area contributed by atoms with Gasteiger partial charge in [0.15, 0.2) is 5.58 Å². The summed E-state index contributed by atoms with van der Waals surface area (Å²) in [7, 11) is 0. The highest BCUT2D eigenvalue weighted by atomic mass is 16.3. The zero-order valence-electron chi connectivity index (χ0n) is 11.1. The zero-order chi connectivity index (χ0) is 13.2. The van der Waals surface area contributed by atoms with Crippen molar-refractivity contribution in [3.8, 4) is 0 Å². The van der Waals surface area contributed by atoms with Crippen molar-refractivity contribution in [2.75, 3.05) is 5.32 Å². The first-order valence-corrected chi connectivity index (χ1v) is 6.38. The van der Waals surface area contributed by atoms with Crippen LogP contribution in [0.15, 0.2) is 46.9 Å². The second-order valence-electron chi connectivity index (χ2n) is 4.75. The molecule has 0 saturated heterocycles. The minimum Gasteiger partial charge on any atom is -0.438 e. The van der Waals surface area contributed by atoms with Gasteiger partial charge in [-0.25, -0.2) is 4.98 Å². The van der Waals surface area contributed by atoms with Crippen LogP contribution < -0.4 is 5.32 Å². The van der Waals surface area contributed by atoms with E-state index in [2.05, 4.69) is 41.5 Å². The van der Waals surface area contributed by atoms with Gasteiger partial charge in [-0.05, 0) is 37.6 Å². The number of benzene rings is 2. The molecule has 0 aliphatic heterocycles. The molecule has 3 nitrogen and oxygen atoms in total. The van der Waals surface area contributed by atoms with Crippen LogP contribution in [-0.4, -0.2) is 4.98 Å². The van der Waals surface area contributed by atoms with Gasteiger partial charge in [-0.1, -0.05) is 29.8 Å². The minimum atomic E-state index is 0.594. The molecular weight excluding hydrogens is 236 g/mol. The summed E-state index contributed by atoms with van der Waals surface area (Å²) in [6.45, 7) is 4.70. The van der Waals surface area contributed by atoms with Crippen molar-refractivity contribution in [3.05, 3.63) is 59.5 Å². The molecule has 3 heteroatoms. The summed E-state index contributed by atoms with van der Waals surface area (Å²) < 4.78 is 5.77. The van der Waals surface area contributed by atoms with Crippen molar-refractivity contribution in [2.24, 2.45) is 0 Å². The third-order valence-electron chi connectivity index (χ3n) is 3.15. The van der Waals surface area contributed by atoms with E-state index in [4.69, 9.17) is 4.42 Å². The summed E-state index contributed by atoms with van der Waals surface area (Å²) in [5, 5.41) is 3.31. The Bertz CT molecular complexity index is 698. The number of para-hydroxylation sites is 1. The lowest BCUT2D eigenvalue weighted by atomic mass is 10.2. The summed E-state index contributed by atoms with van der Waals surface area (Å²) >= 11 is 0. The fourth-order valence-electron chi connectivity index (χ4n) is 2.06. The van der Waals surface area contributed by atoms with Gasteiger partial charge in [0.25, 0.3) is 0 Å². The number of hydrogen-bond acceptors (Lipinski definition) is 3. The van der Waals surface area contributed by atoms with Gasteiger partial charge in [-0.15, -0.1) is 0 Å². The van der Waals surface area contributed by atoms with E-state index in [0.29, 0.717) is 12.4 Å². The summed E-state index contributed by atoms with van der Waals surface area (Å²) in [6.07, 6.45) is 0. The van der Waals surface area contributed by atoms with Crippen LogP contribution in [0.4, 0.5) is 5.69 Å². The zero-order valence-corrected chi connectivity index (χ0v) is 11.1. The van der Waals surface area contributed by atoms with Crippen LogP contribution in [0.2, 0.25) is 0 Å². The fraction of sp³-hybridized carbons (Fsp3) is 0.188. The van der Waals surface area contributed by atoms with Crippen molar-refractivity contribution in [1.29, 1.82) is 0 Å². The lowest BCUT2D eigenvalue weighted by molar-refractivity contribution is 0.539. The van der Waals surface area contributed by atoms with E-state index >= 15 is 0 Å². The third-order valence-corrected chi connectivity index (χ3v) is 3.15. The molecule has 0 amide bonds. The number of oxazole rings is 1. The standard InChI is InChI=1S/C16H16N2O/c1-11-6-8-13(9-7-11)17-10-15-18-14-5-3-4-12(2)16(14)19-15/h3-9,17H,10H2,1-2H3. The van der Waals surface area contributed by atoms with Crippen molar-refractivity contribution >= 4 is 16.8 Å². The topological polar surface area (TPSA) is 38.1 Å². The molecule has 96 valence electrons. The minimum absolute atomic E-state index is 0.594. The molecule has 0 spiro atoms. The fourth-order valence-corrected chi connectivity index (χ4v) is 2.06. The highest BCUT2D eigenvalue weighted by molar-refractivity contribution is 5.76. The van der Waals surface area contributed by atoms with Crippen LogP contribution in [0, 0.1) is 13.8 Å². The molecule has 1 N–H and O–H groups in total. The average molecular weight is 252 g/mol. The van der Waals surface area contributed by atoms with Crippen LogP contribution in [0.5, 0.6) is 0 Å². The summed E-state index contributed by atoms with van der Waals surface area (Å²) in [5.74, 6) is 0.713. The molecular formula is C16H16N2O. The first kappa shape index (κ1) is 11.8. The first-order valence-electron chi connectivity index (χ1n) is 6.38.